The number of benzene rings is 2. The molecule has 0 radical (unpaired) electrons. The van der Waals surface area contributed by atoms with Crippen molar-refractivity contribution in [2.24, 2.45) is 0 Å². The molecule has 2 heterocycles. The quantitative estimate of drug-likeness (QED) is 0.675. The van der Waals surface area contributed by atoms with Gasteiger partial charge in [0.2, 0.25) is 0 Å². The van der Waals surface area contributed by atoms with E-state index < -0.39 is 0 Å². The fourth-order valence-corrected chi connectivity index (χ4v) is 3.68. The first-order chi connectivity index (χ1) is 13.0. The number of phenolic OH excluding ortho intramolecular Hbond substituents is 2. The predicted octanol–water partition coefficient (Wildman–Crippen LogP) is 3.82. The number of fused-ring (bicyclic) bond motifs is 1. The van der Waals surface area contributed by atoms with Crippen molar-refractivity contribution in [2.45, 2.75) is 26.3 Å². The highest BCUT2D eigenvalue weighted by Gasteiger charge is 2.33. The molecular formula is C21H20N2O4. The highest BCUT2D eigenvalue weighted by atomic mass is 16.5. The van der Waals surface area contributed by atoms with Crippen LogP contribution in [0.4, 0.5) is 0 Å². The molecule has 0 saturated heterocycles. The van der Waals surface area contributed by atoms with Crippen molar-refractivity contribution < 1.29 is 19.5 Å². The van der Waals surface area contributed by atoms with Crippen LogP contribution in [0.5, 0.6) is 11.5 Å². The summed E-state index contributed by atoms with van der Waals surface area (Å²) in [6, 6.07) is 12.3. The second-order valence-electron chi connectivity index (χ2n) is 6.79. The van der Waals surface area contributed by atoms with Gasteiger partial charge in [-0.1, -0.05) is 35.5 Å². The molecular weight excluding hydrogens is 344 g/mol. The van der Waals surface area contributed by atoms with Gasteiger partial charge in [-0.3, -0.25) is 4.79 Å². The Hall–Kier alpha value is -3.28. The lowest BCUT2D eigenvalue weighted by atomic mass is 9.92. The minimum atomic E-state index is -0.245. The summed E-state index contributed by atoms with van der Waals surface area (Å²) in [6.07, 6.45) is 0.601. The SMILES string of the molecule is Cc1onc(-c2ccccc2)c1C(=O)N1CCc2cc(O)c(O)cc2C1C. The van der Waals surface area contributed by atoms with E-state index in [2.05, 4.69) is 5.16 Å². The van der Waals surface area contributed by atoms with Crippen molar-refractivity contribution in [3.05, 3.63) is 64.9 Å². The molecule has 138 valence electrons. The maximum Gasteiger partial charge on any atom is 0.260 e. The van der Waals surface area contributed by atoms with Crippen LogP contribution in [0.2, 0.25) is 0 Å². The van der Waals surface area contributed by atoms with E-state index in [4.69, 9.17) is 4.52 Å². The first-order valence-corrected chi connectivity index (χ1v) is 8.84. The van der Waals surface area contributed by atoms with Crippen LogP contribution < -0.4 is 0 Å². The lowest BCUT2D eigenvalue weighted by Gasteiger charge is -2.35. The topological polar surface area (TPSA) is 86.8 Å². The van der Waals surface area contributed by atoms with Crippen LogP contribution >= 0.6 is 0 Å². The Morgan fingerprint density at radius 2 is 1.89 bits per heavy atom. The fraction of sp³-hybridized carbons (Fsp3) is 0.238. The van der Waals surface area contributed by atoms with Gasteiger partial charge in [0.1, 0.15) is 17.0 Å². The number of carbonyl (C=O) groups excluding carboxylic acids is 1. The standard InChI is InChI=1S/C21H20N2O4/c1-12-16-11-18(25)17(24)10-15(16)8-9-23(12)21(26)19-13(2)27-22-20(19)14-6-4-3-5-7-14/h3-7,10-12,24-25H,8-9H2,1-2H3. The number of aromatic nitrogens is 1. The van der Waals surface area contributed by atoms with Gasteiger partial charge in [-0.15, -0.1) is 0 Å². The van der Waals surface area contributed by atoms with Gasteiger partial charge in [-0.25, -0.2) is 0 Å². The summed E-state index contributed by atoms with van der Waals surface area (Å²) in [5, 5.41) is 23.7. The summed E-state index contributed by atoms with van der Waals surface area (Å²) in [4.78, 5) is 15.1. The van der Waals surface area contributed by atoms with Gasteiger partial charge in [-0.2, -0.15) is 0 Å². The van der Waals surface area contributed by atoms with Crippen molar-refractivity contribution in [3.8, 4) is 22.8 Å². The number of hydrogen-bond donors (Lipinski definition) is 2. The average Bonchev–Trinajstić information content (AvgIpc) is 3.05. The third-order valence-corrected chi connectivity index (χ3v) is 5.16. The number of amides is 1. The number of nitrogens with zero attached hydrogens (tertiary/aromatic N) is 2. The molecule has 6 heteroatoms. The Bertz CT molecular complexity index is 1010. The normalized spacial score (nSPS) is 16.2. The number of aromatic hydroxyl groups is 2. The largest absolute Gasteiger partial charge is 0.504 e. The molecule has 0 fully saturated rings. The Morgan fingerprint density at radius 3 is 2.63 bits per heavy atom. The minimum Gasteiger partial charge on any atom is -0.504 e. The lowest BCUT2D eigenvalue weighted by molar-refractivity contribution is 0.0676. The Balaban J connectivity index is 1.72. The van der Waals surface area contributed by atoms with E-state index in [0.717, 1.165) is 16.7 Å². The summed E-state index contributed by atoms with van der Waals surface area (Å²) in [7, 11) is 0. The number of carbonyl (C=O) groups is 1. The lowest BCUT2D eigenvalue weighted by Crippen LogP contribution is -2.39. The zero-order chi connectivity index (χ0) is 19.1. The maximum atomic E-state index is 13.4. The Labute approximate surface area is 156 Å². The van der Waals surface area contributed by atoms with E-state index in [-0.39, 0.29) is 23.4 Å². The Kier molecular flexibility index (Phi) is 4.11. The third kappa shape index (κ3) is 2.83. The van der Waals surface area contributed by atoms with Gasteiger partial charge in [0, 0.05) is 12.1 Å². The highest BCUT2D eigenvalue weighted by Crippen LogP contribution is 2.38. The Morgan fingerprint density at radius 1 is 1.19 bits per heavy atom. The van der Waals surface area contributed by atoms with Crippen molar-refractivity contribution in [1.29, 1.82) is 0 Å². The van der Waals surface area contributed by atoms with Gasteiger partial charge in [0.25, 0.3) is 5.91 Å². The molecule has 3 aromatic rings. The zero-order valence-corrected chi connectivity index (χ0v) is 15.1. The minimum absolute atomic E-state index is 0.137. The van der Waals surface area contributed by atoms with Crippen LogP contribution in [0, 0.1) is 6.92 Å². The zero-order valence-electron chi connectivity index (χ0n) is 15.1. The number of rotatable bonds is 2. The molecule has 2 N–H and O–H groups in total. The first kappa shape index (κ1) is 17.1. The molecule has 0 saturated carbocycles. The van der Waals surface area contributed by atoms with Crippen molar-refractivity contribution in [2.75, 3.05) is 6.54 Å². The fourth-order valence-electron chi connectivity index (χ4n) is 3.68. The molecule has 1 aromatic heterocycles. The van der Waals surface area contributed by atoms with E-state index in [1.54, 1.807) is 17.9 Å². The summed E-state index contributed by atoms with van der Waals surface area (Å²) >= 11 is 0. The molecule has 0 aliphatic carbocycles. The molecule has 1 atom stereocenters. The molecule has 1 amide bonds. The van der Waals surface area contributed by atoms with Crippen LogP contribution in [-0.4, -0.2) is 32.7 Å². The second-order valence-corrected chi connectivity index (χ2v) is 6.79. The van der Waals surface area contributed by atoms with Gasteiger partial charge in [0.05, 0.1) is 6.04 Å². The van der Waals surface area contributed by atoms with Crippen molar-refractivity contribution >= 4 is 5.91 Å². The van der Waals surface area contributed by atoms with Crippen LogP contribution in [-0.2, 0) is 6.42 Å². The summed E-state index contributed by atoms with van der Waals surface area (Å²) in [5.74, 6) is 0.00622. The monoisotopic (exact) mass is 364 g/mol. The molecule has 1 unspecified atom stereocenters. The van der Waals surface area contributed by atoms with Crippen LogP contribution in [0.1, 0.15) is 40.2 Å². The van der Waals surface area contributed by atoms with E-state index >= 15 is 0 Å². The van der Waals surface area contributed by atoms with Gasteiger partial charge in [0.15, 0.2) is 11.5 Å². The third-order valence-electron chi connectivity index (χ3n) is 5.16. The summed E-state index contributed by atoms with van der Waals surface area (Å²) < 4.78 is 5.33. The van der Waals surface area contributed by atoms with Gasteiger partial charge < -0.3 is 19.6 Å². The maximum absolute atomic E-state index is 13.4. The van der Waals surface area contributed by atoms with Gasteiger partial charge >= 0.3 is 0 Å². The summed E-state index contributed by atoms with van der Waals surface area (Å²) in [5.41, 5.74) is 3.59. The second kappa shape index (κ2) is 6.46. The van der Waals surface area contributed by atoms with Crippen LogP contribution in [0.3, 0.4) is 0 Å². The molecule has 2 aromatic carbocycles. The highest BCUT2D eigenvalue weighted by molar-refractivity contribution is 6.01. The number of phenols is 2. The molecule has 27 heavy (non-hydrogen) atoms. The molecule has 1 aliphatic heterocycles. The molecule has 0 bridgehead atoms. The van der Waals surface area contributed by atoms with Crippen molar-refractivity contribution in [1.82, 2.24) is 10.1 Å². The summed E-state index contributed by atoms with van der Waals surface area (Å²) in [6.45, 7) is 4.16. The molecule has 4 rings (SSSR count). The van der Waals surface area contributed by atoms with E-state index in [9.17, 15) is 15.0 Å². The van der Waals surface area contributed by atoms with E-state index in [1.807, 2.05) is 37.3 Å². The number of hydrogen-bond acceptors (Lipinski definition) is 5. The average molecular weight is 364 g/mol. The molecule has 6 nitrogen and oxygen atoms in total. The molecule has 0 spiro atoms. The van der Waals surface area contributed by atoms with E-state index in [1.165, 1.54) is 6.07 Å². The van der Waals surface area contributed by atoms with Crippen LogP contribution in [0.15, 0.2) is 47.0 Å². The molecule has 1 aliphatic rings. The number of aryl methyl sites for hydroxylation is 1. The van der Waals surface area contributed by atoms with E-state index in [0.29, 0.717) is 30.0 Å². The first-order valence-electron chi connectivity index (χ1n) is 8.84. The predicted molar refractivity (Wildman–Crippen MR) is 99.6 cm³/mol. The van der Waals surface area contributed by atoms with Crippen molar-refractivity contribution in [3.63, 3.8) is 0 Å². The van der Waals surface area contributed by atoms with Crippen LogP contribution in [0.25, 0.3) is 11.3 Å². The smallest absolute Gasteiger partial charge is 0.260 e. The van der Waals surface area contributed by atoms with Gasteiger partial charge in [-0.05, 0) is 43.5 Å².